The maximum Gasteiger partial charge on any atom is 0.163 e. The van der Waals surface area contributed by atoms with Gasteiger partial charge < -0.3 is 15.2 Å². The van der Waals surface area contributed by atoms with Gasteiger partial charge in [0, 0.05) is 36.8 Å². The first kappa shape index (κ1) is 15.5. The molecule has 0 fully saturated rings. The molecule has 0 bridgehead atoms. The number of rotatable bonds is 4. The number of ether oxygens (including phenoxy) is 2. The molecule has 6 nitrogen and oxygen atoms in total. The number of aromatic nitrogens is 2. The highest BCUT2D eigenvalue weighted by Crippen LogP contribution is 2.31. The Kier molecular flexibility index (Phi) is 4.29. The number of methoxy groups -OCH3 is 2. The first-order valence-corrected chi connectivity index (χ1v) is 7.33. The maximum atomic E-state index is 14.3. The first-order chi connectivity index (χ1) is 11.1. The van der Waals surface area contributed by atoms with Crippen LogP contribution in [0.5, 0.6) is 11.5 Å². The molecule has 1 aliphatic rings. The first-order valence-electron chi connectivity index (χ1n) is 7.33. The van der Waals surface area contributed by atoms with E-state index < -0.39 is 0 Å². The SMILES string of the molecule is COc1cc(F)c(CN2CCc3c(N)ncnc3C2)cc1OC. The normalized spacial score (nSPS) is 14.4. The van der Waals surface area contributed by atoms with Gasteiger partial charge in [0.1, 0.15) is 18.0 Å². The van der Waals surface area contributed by atoms with Crippen LogP contribution in [0.4, 0.5) is 10.2 Å². The van der Waals surface area contributed by atoms with E-state index in [0.717, 1.165) is 24.2 Å². The van der Waals surface area contributed by atoms with Gasteiger partial charge in [-0.2, -0.15) is 0 Å². The molecule has 0 unspecified atom stereocenters. The Balaban J connectivity index is 1.81. The van der Waals surface area contributed by atoms with Crippen LogP contribution in [0.25, 0.3) is 0 Å². The molecule has 122 valence electrons. The Hall–Kier alpha value is -2.41. The van der Waals surface area contributed by atoms with E-state index in [1.165, 1.54) is 26.6 Å². The van der Waals surface area contributed by atoms with Crippen molar-refractivity contribution in [2.75, 3.05) is 26.5 Å². The summed E-state index contributed by atoms with van der Waals surface area (Å²) in [5, 5.41) is 0. The zero-order valence-electron chi connectivity index (χ0n) is 13.2. The second kappa shape index (κ2) is 6.37. The van der Waals surface area contributed by atoms with Crippen molar-refractivity contribution in [3.8, 4) is 11.5 Å². The van der Waals surface area contributed by atoms with Crippen LogP contribution < -0.4 is 15.2 Å². The van der Waals surface area contributed by atoms with Crippen LogP contribution in [0.15, 0.2) is 18.5 Å². The van der Waals surface area contributed by atoms with Gasteiger partial charge in [0.05, 0.1) is 19.9 Å². The minimum Gasteiger partial charge on any atom is -0.493 e. The molecule has 2 heterocycles. The summed E-state index contributed by atoms with van der Waals surface area (Å²) in [4.78, 5) is 10.4. The molecule has 0 saturated carbocycles. The van der Waals surface area contributed by atoms with Gasteiger partial charge in [0.15, 0.2) is 11.5 Å². The summed E-state index contributed by atoms with van der Waals surface area (Å²) >= 11 is 0. The lowest BCUT2D eigenvalue weighted by atomic mass is 10.0. The molecule has 1 aliphatic heterocycles. The molecule has 23 heavy (non-hydrogen) atoms. The summed E-state index contributed by atoms with van der Waals surface area (Å²) in [6, 6.07) is 3.03. The molecule has 0 aliphatic carbocycles. The number of hydrogen-bond donors (Lipinski definition) is 1. The third-order valence-corrected chi connectivity index (χ3v) is 4.07. The molecular formula is C16H19FN4O2. The number of fused-ring (bicyclic) bond motifs is 1. The Morgan fingerprint density at radius 2 is 1.96 bits per heavy atom. The fourth-order valence-corrected chi connectivity index (χ4v) is 2.83. The van der Waals surface area contributed by atoms with Gasteiger partial charge in [-0.25, -0.2) is 14.4 Å². The van der Waals surface area contributed by atoms with E-state index in [2.05, 4.69) is 14.9 Å². The van der Waals surface area contributed by atoms with Crippen molar-refractivity contribution in [2.24, 2.45) is 0 Å². The Bertz CT molecular complexity index is 723. The van der Waals surface area contributed by atoms with Gasteiger partial charge in [-0.3, -0.25) is 4.90 Å². The molecule has 1 aromatic heterocycles. The number of halogens is 1. The van der Waals surface area contributed by atoms with Crippen molar-refractivity contribution in [1.82, 2.24) is 14.9 Å². The highest BCUT2D eigenvalue weighted by molar-refractivity contribution is 5.44. The van der Waals surface area contributed by atoms with E-state index in [4.69, 9.17) is 15.2 Å². The molecule has 0 amide bonds. The molecule has 3 rings (SSSR count). The van der Waals surface area contributed by atoms with Crippen molar-refractivity contribution in [1.29, 1.82) is 0 Å². The van der Waals surface area contributed by atoms with Gasteiger partial charge in [-0.15, -0.1) is 0 Å². The summed E-state index contributed by atoms with van der Waals surface area (Å²) in [5.41, 5.74) is 8.34. The van der Waals surface area contributed by atoms with Gasteiger partial charge in [0.2, 0.25) is 0 Å². The molecule has 1 aromatic carbocycles. The third-order valence-electron chi connectivity index (χ3n) is 4.07. The van der Waals surface area contributed by atoms with E-state index in [-0.39, 0.29) is 5.82 Å². The zero-order valence-corrected chi connectivity index (χ0v) is 13.2. The van der Waals surface area contributed by atoms with Gasteiger partial charge in [0.25, 0.3) is 0 Å². The predicted molar refractivity (Wildman–Crippen MR) is 83.8 cm³/mol. The van der Waals surface area contributed by atoms with Crippen LogP contribution in [0, 0.1) is 5.82 Å². The Morgan fingerprint density at radius 1 is 1.22 bits per heavy atom. The summed E-state index contributed by atoms with van der Waals surface area (Å²) < 4.78 is 24.6. The quantitative estimate of drug-likeness (QED) is 0.926. The molecule has 2 aromatic rings. The topological polar surface area (TPSA) is 73.5 Å². The Morgan fingerprint density at radius 3 is 2.70 bits per heavy atom. The number of benzene rings is 1. The highest BCUT2D eigenvalue weighted by atomic mass is 19.1. The second-order valence-corrected chi connectivity index (χ2v) is 5.44. The molecule has 7 heteroatoms. The van der Waals surface area contributed by atoms with Gasteiger partial charge in [-0.1, -0.05) is 0 Å². The van der Waals surface area contributed by atoms with Crippen LogP contribution in [0.1, 0.15) is 16.8 Å². The van der Waals surface area contributed by atoms with Crippen molar-refractivity contribution >= 4 is 5.82 Å². The molecule has 0 spiro atoms. The zero-order chi connectivity index (χ0) is 16.4. The minimum absolute atomic E-state index is 0.310. The molecular weight excluding hydrogens is 299 g/mol. The lowest BCUT2D eigenvalue weighted by Crippen LogP contribution is -2.31. The number of nitrogens with zero attached hydrogens (tertiary/aromatic N) is 3. The average Bonchev–Trinajstić information content (AvgIpc) is 2.56. The summed E-state index contributed by atoms with van der Waals surface area (Å²) in [7, 11) is 3.03. The minimum atomic E-state index is -0.310. The van der Waals surface area contributed by atoms with Gasteiger partial charge in [-0.05, 0) is 12.5 Å². The van der Waals surface area contributed by atoms with Crippen molar-refractivity contribution < 1.29 is 13.9 Å². The smallest absolute Gasteiger partial charge is 0.163 e. The van der Waals surface area contributed by atoms with Crippen molar-refractivity contribution in [3.63, 3.8) is 0 Å². The standard InChI is InChI=1S/C16H19FN4O2/c1-22-14-5-10(12(17)6-15(14)23-2)7-21-4-3-11-13(8-21)19-9-20-16(11)18/h5-6,9H,3-4,7-8H2,1-2H3,(H2,18,19,20). The number of nitrogens with two attached hydrogens (primary N) is 1. The number of hydrogen-bond acceptors (Lipinski definition) is 6. The van der Waals surface area contributed by atoms with Crippen molar-refractivity contribution in [3.05, 3.63) is 41.1 Å². The molecule has 0 atom stereocenters. The molecule has 2 N–H and O–H groups in total. The summed E-state index contributed by atoms with van der Waals surface area (Å²) in [6.45, 7) is 1.86. The van der Waals surface area contributed by atoms with Crippen LogP contribution >= 0.6 is 0 Å². The maximum absolute atomic E-state index is 14.3. The molecule has 0 saturated heterocycles. The van der Waals surface area contributed by atoms with E-state index in [9.17, 15) is 4.39 Å². The fraction of sp³-hybridized carbons (Fsp3) is 0.375. The number of anilines is 1. The Labute approximate surface area is 134 Å². The van der Waals surface area contributed by atoms with E-state index in [1.54, 1.807) is 6.07 Å². The van der Waals surface area contributed by atoms with Crippen LogP contribution in [-0.2, 0) is 19.5 Å². The van der Waals surface area contributed by atoms with Crippen LogP contribution in [0.2, 0.25) is 0 Å². The lowest BCUT2D eigenvalue weighted by Gasteiger charge is -2.28. The average molecular weight is 318 g/mol. The van der Waals surface area contributed by atoms with Crippen LogP contribution in [-0.4, -0.2) is 35.6 Å². The summed E-state index contributed by atoms with van der Waals surface area (Å²) in [6.07, 6.45) is 2.23. The fourth-order valence-electron chi connectivity index (χ4n) is 2.83. The number of nitrogen functional groups attached to an aromatic ring is 1. The third kappa shape index (κ3) is 3.05. The van der Waals surface area contributed by atoms with E-state index in [0.29, 0.717) is 36.0 Å². The van der Waals surface area contributed by atoms with E-state index in [1.807, 2.05) is 0 Å². The summed E-state index contributed by atoms with van der Waals surface area (Å²) in [5.74, 6) is 1.13. The highest BCUT2D eigenvalue weighted by Gasteiger charge is 2.21. The van der Waals surface area contributed by atoms with Gasteiger partial charge >= 0.3 is 0 Å². The van der Waals surface area contributed by atoms with Crippen LogP contribution in [0.3, 0.4) is 0 Å². The predicted octanol–water partition coefficient (Wildman–Crippen LogP) is 1.77. The second-order valence-electron chi connectivity index (χ2n) is 5.44. The van der Waals surface area contributed by atoms with Crippen molar-refractivity contribution in [2.45, 2.75) is 19.5 Å². The largest absolute Gasteiger partial charge is 0.493 e. The lowest BCUT2D eigenvalue weighted by molar-refractivity contribution is 0.237. The van der Waals surface area contributed by atoms with E-state index >= 15 is 0 Å². The molecule has 0 radical (unpaired) electrons. The monoisotopic (exact) mass is 318 g/mol.